The molecule has 1 aromatic heterocycles. The number of hydrogen-bond acceptors (Lipinski definition) is 5. The van der Waals surface area contributed by atoms with Crippen LogP contribution >= 0.6 is 47.1 Å². The Hall–Kier alpha value is -0.610. The SMILES string of the molecule is C=C(Cl)CNC(=NC)N1CCN(c2nc(CC)ns2)CC1.I. The lowest BCUT2D eigenvalue weighted by atomic mass is 10.3. The number of aromatic nitrogens is 2. The predicted molar refractivity (Wildman–Crippen MR) is 105 cm³/mol. The molecule has 0 bridgehead atoms. The van der Waals surface area contributed by atoms with Gasteiger partial charge in [-0.25, -0.2) is 4.98 Å². The highest BCUT2D eigenvalue weighted by molar-refractivity contribution is 14.0. The zero-order valence-electron chi connectivity index (χ0n) is 12.9. The largest absolute Gasteiger partial charge is 0.351 e. The van der Waals surface area contributed by atoms with Gasteiger partial charge in [0.05, 0.1) is 6.54 Å². The molecule has 1 N–H and O–H groups in total. The molecule has 124 valence electrons. The molecule has 0 unspecified atom stereocenters. The molecule has 0 radical (unpaired) electrons. The molecule has 0 aliphatic carbocycles. The molecule has 1 fully saturated rings. The van der Waals surface area contributed by atoms with Crippen molar-refractivity contribution in [3.05, 3.63) is 17.4 Å². The van der Waals surface area contributed by atoms with Gasteiger partial charge in [-0.2, -0.15) is 4.37 Å². The van der Waals surface area contributed by atoms with Gasteiger partial charge in [-0.1, -0.05) is 25.1 Å². The van der Waals surface area contributed by atoms with E-state index in [1.165, 1.54) is 11.5 Å². The molecule has 1 aliphatic rings. The van der Waals surface area contributed by atoms with Crippen LogP contribution in [0.4, 0.5) is 5.13 Å². The summed E-state index contributed by atoms with van der Waals surface area (Å²) >= 11 is 7.27. The summed E-state index contributed by atoms with van der Waals surface area (Å²) in [5, 5.41) is 4.80. The van der Waals surface area contributed by atoms with E-state index in [-0.39, 0.29) is 24.0 Å². The van der Waals surface area contributed by atoms with Crippen molar-refractivity contribution in [2.75, 3.05) is 44.7 Å². The molecule has 1 aromatic rings. The summed E-state index contributed by atoms with van der Waals surface area (Å²) in [6.07, 6.45) is 0.884. The predicted octanol–water partition coefficient (Wildman–Crippen LogP) is 2.17. The van der Waals surface area contributed by atoms with Crippen molar-refractivity contribution in [1.29, 1.82) is 0 Å². The smallest absolute Gasteiger partial charge is 0.205 e. The van der Waals surface area contributed by atoms with Gasteiger partial charge in [0.1, 0.15) is 5.82 Å². The van der Waals surface area contributed by atoms with Crippen molar-refractivity contribution in [2.24, 2.45) is 4.99 Å². The molecular formula is C13H22ClIN6S. The maximum absolute atomic E-state index is 5.78. The number of anilines is 1. The number of halogens is 2. The highest BCUT2D eigenvalue weighted by Gasteiger charge is 2.21. The van der Waals surface area contributed by atoms with Gasteiger partial charge in [0.25, 0.3) is 0 Å². The van der Waals surface area contributed by atoms with Gasteiger partial charge < -0.3 is 15.1 Å². The molecule has 0 spiro atoms. The van der Waals surface area contributed by atoms with E-state index in [9.17, 15) is 0 Å². The summed E-state index contributed by atoms with van der Waals surface area (Å²) in [6, 6.07) is 0. The van der Waals surface area contributed by atoms with Crippen LogP contribution in [0.25, 0.3) is 0 Å². The van der Waals surface area contributed by atoms with Crippen LogP contribution in [0.15, 0.2) is 16.6 Å². The molecule has 1 saturated heterocycles. The summed E-state index contributed by atoms with van der Waals surface area (Å²) in [4.78, 5) is 13.3. The molecule has 22 heavy (non-hydrogen) atoms. The first-order valence-corrected chi connectivity index (χ1v) is 8.15. The average molecular weight is 457 g/mol. The molecular weight excluding hydrogens is 435 g/mol. The lowest BCUT2D eigenvalue weighted by molar-refractivity contribution is 0.374. The van der Waals surface area contributed by atoms with Crippen LogP contribution < -0.4 is 10.2 Å². The monoisotopic (exact) mass is 456 g/mol. The second-order valence-electron chi connectivity index (χ2n) is 4.74. The minimum absolute atomic E-state index is 0. The molecule has 2 rings (SSSR count). The highest BCUT2D eigenvalue weighted by Crippen LogP contribution is 2.19. The number of piperazine rings is 1. The summed E-state index contributed by atoms with van der Waals surface area (Å²) in [7, 11) is 1.78. The molecule has 6 nitrogen and oxygen atoms in total. The van der Waals surface area contributed by atoms with Gasteiger partial charge in [0, 0.05) is 56.2 Å². The topological polar surface area (TPSA) is 56.7 Å². The van der Waals surface area contributed by atoms with Crippen molar-refractivity contribution in [3.63, 3.8) is 0 Å². The van der Waals surface area contributed by atoms with Gasteiger partial charge >= 0.3 is 0 Å². The minimum atomic E-state index is 0. The van der Waals surface area contributed by atoms with E-state index >= 15 is 0 Å². The third kappa shape index (κ3) is 5.24. The molecule has 0 amide bonds. The molecule has 2 heterocycles. The number of aliphatic imine (C=N–C) groups is 1. The van der Waals surface area contributed by atoms with Crippen LogP contribution in [0, 0.1) is 0 Å². The Kier molecular flexibility index (Phi) is 8.40. The van der Waals surface area contributed by atoms with Crippen LogP contribution in [-0.4, -0.2) is 60.0 Å². The van der Waals surface area contributed by atoms with Crippen LogP contribution in [0.3, 0.4) is 0 Å². The van der Waals surface area contributed by atoms with Crippen LogP contribution in [0.2, 0.25) is 0 Å². The Labute approximate surface area is 157 Å². The Balaban J connectivity index is 0.00000242. The third-order valence-corrected chi connectivity index (χ3v) is 4.22. The normalized spacial score (nSPS) is 15.5. The fourth-order valence-electron chi connectivity index (χ4n) is 2.13. The van der Waals surface area contributed by atoms with E-state index in [4.69, 9.17) is 11.6 Å². The highest BCUT2D eigenvalue weighted by atomic mass is 127. The Morgan fingerprint density at radius 1 is 1.41 bits per heavy atom. The van der Waals surface area contributed by atoms with Gasteiger partial charge in [-0.05, 0) is 0 Å². The summed E-state index contributed by atoms with van der Waals surface area (Å²) < 4.78 is 4.34. The molecule has 0 aromatic carbocycles. The maximum Gasteiger partial charge on any atom is 0.205 e. The number of nitrogens with one attached hydrogen (secondary N) is 1. The van der Waals surface area contributed by atoms with Crippen molar-refractivity contribution in [3.8, 4) is 0 Å². The van der Waals surface area contributed by atoms with Gasteiger partial charge in [-0.15, -0.1) is 24.0 Å². The van der Waals surface area contributed by atoms with Gasteiger partial charge in [0.15, 0.2) is 5.96 Å². The van der Waals surface area contributed by atoms with E-state index < -0.39 is 0 Å². The van der Waals surface area contributed by atoms with Crippen molar-refractivity contribution >= 4 is 58.2 Å². The Morgan fingerprint density at radius 3 is 2.59 bits per heavy atom. The summed E-state index contributed by atoms with van der Waals surface area (Å²) in [5.74, 6) is 1.79. The number of nitrogens with zero attached hydrogens (tertiary/aromatic N) is 5. The van der Waals surface area contributed by atoms with Gasteiger partial charge in [-0.3, -0.25) is 4.99 Å². The van der Waals surface area contributed by atoms with Crippen molar-refractivity contribution in [1.82, 2.24) is 19.6 Å². The van der Waals surface area contributed by atoms with E-state index in [1.807, 2.05) is 0 Å². The van der Waals surface area contributed by atoms with Gasteiger partial charge in [0.2, 0.25) is 5.13 Å². The fraction of sp³-hybridized carbons (Fsp3) is 0.615. The Morgan fingerprint density at radius 2 is 2.09 bits per heavy atom. The van der Waals surface area contributed by atoms with E-state index in [0.29, 0.717) is 11.6 Å². The van der Waals surface area contributed by atoms with Crippen molar-refractivity contribution < 1.29 is 0 Å². The van der Waals surface area contributed by atoms with E-state index in [0.717, 1.165) is 49.5 Å². The molecule has 0 atom stereocenters. The average Bonchev–Trinajstić information content (AvgIpc) is 2.97. The summed E-state index contributed by atoms with van der Waals surface area (Å²) in [6.45, 7) is 9.91. The number of rotatable bonds is 4. The standard InChI is InChI=1S/C13H21ClN6S.HI/c1-4-11-17-13(21-18-11)20-7-5-19(6-8-20)12(15-3)16-9-10(2)14;/h2,4-9H2,1,3H3,(H,15,16);1H. The lowest BCUT2D eigenvalue weighted by Crippen LogP contribution is -2.52. The van der Waals surface area contributed by atoms with Crippen LogP contribution in [0.5, 0.6) is 0 Å². The van der Waals surface area contributed by atoms with Crippen molar-refractivity contribution in [2.45, 2.75) is 13.3 Å². The second kappa shape index (κ2) is 9.51. The zero-order chi connectivity index (χ0) is 15.2. The fourth-order valence-corrected chi connectivity index (χ4v) is 3.00. The van der Waals surface area contributed by atoms with Crippen LogP contribution in [-0.2, 0) is 6.42 Å². The molecule has 1 aliphatic heterocycles. The quantitative estimate of drug-likeness (QED) is 0.427. The lowest BCUT2D eigenvalue weighted by Gasteiger charge is -2.36. The molecule has 0 saturated carbocycles. The minimum Gasteiger partial charge on any atom is -0.351 e. The number of aryl methyl sites for hydroxylation is 1. The first kappa shape index (κ1) is 19.4. The maximum atomic E-state index is 5.78. The third-order valence-electron chi connectivity index (χ3n) is 3.27. The summed E-state index contributed by atoms with van der Waals surface area (Å²) in [5.41, 5.74) is 0. The van der Waals surface area contributed by atoms with E-state index in [1.54, 1.807) is 7.05 Å². The second-order valence-corrected chi connectivity index (χ2v) is 6.00. The zero-order valence-corrected chi connectivity index (χ0v) is 16.8. The van der Waals surface area contributed by atoms with E-state index in [2.05, 4.69) is 43.0 Å². The number of guanidine groups is 1. The first-order chi connectivity index (χ1) is 10.1. The molecule has 9 heteroatoms. The van der Waals surface area contributed by atoms with Crippen LogP contribution in [0.1, 0.15) is 12.7 Å². The Bertz CT molecular complexity index is 512. The first-order valence-electron chi connectivity index (χ1n) is 7.00. The number of hydrogen-bond donors (Lipinski definition) is 1.